The summed E-state index contributed by atoms with van der Waals surface area (Å²) in [5.74, 6) is 1.62. The number of aryl methyl sites for hydroxylation is 1. The molecular formula is C18H16FeN2. The molecule has 2 nitrogen and oxygen atoms in total. The first kappa shape index (κ1) is 7.66. The number of para-hydroxylation sites is 2. The number of aromatic nitrogens is 2. The second kappa shape index (κ2) is 0.718. The number of hydrogen-bond acceptors (Lipinski definition) is 1. The number of imidazole rings is 1. The monoisotopic (exact) mass is 316 g/mol. The Kier molecular flexibility index (Phi) is 0.262. The fraction of sp³-hybridized carbons (Fsp3) is 0.611. The summed E-state index contributed by atoms with van der Waals surface area (Å²) in [6, 6.07) is 8.88. The molecule has 4 atom stereocenters. The van der Waals surface area contributed by atoms with E-state index in [0.29, 0.717) is 0 Å². The summed E-state index contributed by atoms with van der Waals surface area (Å²) in [5.41, 5.74) is 2.66. The first-order chi connectivity index (χ1) is 10.0. The van der Waals surface area contributed by atoms with E-state index >= 15 is 0 Å². The van der Waals surface area contributed by atoms with Gasteiger partial charge in [0.2, 0.25) is 0 Å². The summed E-state index contributed by atoms with van der Waals surface area (Å²) >= 11 is 0. The molecule has 1 spiro atoms. The molecule has 4 unspecified atom stereocenters. The summed E-state index contributed by atoms with van der Waals surface area (Å²) in [7, 11) is 2.33. The Bertz CT molecular complexity index is 1350. The number of rotatable bonds is 1. The first-order valence-electron chi connectivity index (χ1n) is 8.68. The molecule has 10 aliphatic rings. The van der Waals surface area contributed by atoms with E-state index in [-0.39, 0.29) is 0 Å². The van der Waals surface area contributed by atoms with Gasteiger partial charge < -0.3 is 0 Å². The topological polar surface area (TPSA) is 17.8 Å². The molecule has 0 amide bonds. The fourth-order valence-corrected chi connectivity index (χ4v) is 92.1. The second-order valence-corrected chi connectivity index (χ2v) is 35.7. The van der Waals surface area contributed by atoms with E-state index in [1.807, 2.05) is 0 Å². The van der Waals surface area contributed by atoms with Crippen LogP contribution in [0.5, 0.6) is 0 Å². The van der Waals surface area contributed by atoms with E-state index in [4.69, 9.17) is 4.98 Å². The van der Waals surface area contributed by atoms with Crippen LogP contribution < -0.4 is 0 Å². The maximum absolute atomic E-state index is 5.30. The average molecular weight is 316 g/mol. The van der Waals surface area contributed by atoms with Gasteiger partial charge in [-0.3, -0.25) is 0 Å². The van der Waals surface area contributed by atoms with Crippen LogP contribution in [0.2, 0.25) is 43.3 Å². The summed E-state index contributed by atoms with van der Waals surface area (Å²) in [4.78, 5) is 17.7. The fourth-order valence-electron chi connectivity index (χ4n) is 18.3. The molecule has 21 heavy (non-hydrogen) atoms. The van der Waals surface area contributed by atoms with Gasteiger partial charge in [-0.05, 0) is 0 Å². The molecule has 11 heterocycles. The van der Waals surface area contributed by atoms with E-state index in [9.17, 15) is 0 Å². The van der Waals surface area contributed by atoms with Gasteiger partial charge in [-0.15, -0.1) is 0 Å². The SMILES string of the molecule is Cn1c([C]23[CH]4[CH]5[CH]6[CH]2[Fe]56432789[CH]3[CH]2[CH]7[CH]8[CH]39)nc2ccccc21. The molecule has 10 aliphatic heterocycles. The van der Waals surface area contributed by atoms with Crippen LogP contribution in [0.25, 0.3) is 11.0 Å². The number of nitrogens with zero attached hydrogens (tertiary/aromatic N) is 2. The zero-order chi connectivity index (χ0) is 12.9. The molecule has 0 saturated carbocycles. The number of benzene rings is 1. The van der Waals surface area contributed by atoms with Crippen molar-refractivity contribution >= 4 is 11.0 Å². The molecule has 10 fully saturated rings. The van der Waals surface area contributed by atoms with Crippen LogP contribution in [-0.4, -0.2) is 9.55 Å². The molecule has 3 heteroatoms. The molecule has 0 radical (unpaired) electrons. The molecule has 0 N–H and O–H groups in total. The summed E-state index contributed by atoms with van der Waals surface area (Å²) in [6.45, 7) is -3.03. The van der Waals surface area contributed by atoms with Gasteiger partial charge in [0.25, 0.3) is 0 Å². The zero-order valence-electron chi connectivity index (χ0n) is 11.8. The third kappa shape index (κ3) is 0.0978. The molecule has 2 aromatic rings. The Morgan fingerprint density at radius 2 is 1.57 bits per heavy atom. The van der Waals surface area contributed by atoms with Crippen molar-refractivity contribution in [3.63, 3.8) is 0 Å². The van der Waals surface area contributed by atoms with E-state index in [1.54, 1.807) is 5.82 Å². The van der Waals surface area contributed by atoms with Gasteiger partial charge >= 0.3 is 112 Å². The number of fused-ring (bicyclic) bond motifs is 11. The van der Waals surface area contributed by atoms with Crippen LogP contribution in [0, 0.1) is 0 Å². The minimum absolute atomic E-state index is 0.798. The van der Waals surface area contributed by atoms with Crippen LogP contribution in [-0.2, 0) is 17.9 Å². The molecule has 10 saturated heterocycles. The standard InChI is InChI=1S/C13H11N2.C5H5.Fe/c1-15-12-9-5-4-8-11(12)14-13(15)10-6-2-3-7-10;1-2-4-5-3-1;/h2-9H,1H3;1-5H;. The molecule has 12 rings (SSSR count). The summed E-state index contributed by atoms with van der Waals surface area (Å²) in [6.07, 6.45) is 0. The quantitative estimate of drug-likeness (QED) is 0.714. The third-order valence-electron chi connectivity index (χ3n) is 16.8. The van der Waals surface area contributed by atoms with Crippen molar-refractivity contribution in [2.45, 2.75) is 47.7 Å². The Hall–Kier alpha value is -0.791. The van der Waals surface area contributed by atoms with E-state index in [2.05, 4.69) is 35.9 Å². The van der Waals surface area contributed by atoms with E-state index in [1.165, 1.54) is 54.4 Å². The summed E-state index contributed by atoms with van der Waals surface area (Å²) in [5, 5.41) is 0. The normalized spacial score (nSPS) is 99.0. The van der Waals surface area contributed by atoms with Gasteiger partial charge in [0.05, 0.1) is 0 Å². The van der Waals surface area contributed by atoms with Gasteiger partial charge in [-0.25, -0.2) is 0 Å². The minimum atomic E-state index is -3.03. The van der Waals surface area contributed by atoms with Crippen molar-refractivity contribution in [2.75, 3.05) is 0 Å². The van der Waals surface area contributed by atoms with Crippen molar-refractivity contribution in [3.8, 4) is 0 Å². The molecule has 0 bridgehead atoms. The van der Waals surface area contributed by atoms with Crippen molar-refractivity contribution < 1.29 is 6.51 Å². The molecular weight excluding hydrogens is 300 g/mol. The number of hydrogen-bond donors (Lipinski definition) is 0. The predicted octanol–water partition coefficient (Wildman–Crippen LogP) is 4.37. The van der Waals surface area contributed by atoms with Crippen molar-refractivity contribution in [1.29, 1.82) is 0 Å². The van der Waals surface area contributed by atoms with Crippen molar-refractivity contribution in [3.05, 3.63) is 30.1 Å². The van der Waals surface area contributed by atoms with Crippen molar-refractivity contribution in [2.24, 2.45) is 7.05 Å². The average Bonchev–Trinajstić information content (AvgIpc) is 3.42. The Morgan fingerprint density at radius 1 is 0.952 bits per heavy atom. The van der Waals surface area contributed by atoms with Crippen LogP contribution in [0.1, 0.15) is 5.82 Å². The summed E-state index contributed by atoms with van der Waals surface area (Å²) < 4.78 is 3.35. The molecule has 1 aromatic carbocycles. The molecule has 0 aliphatic carbocycles. The Morgan fingerprint density at radius 3 is 2.05 bits per heavy atom. The van der Waals surface area contributed by atoms with E-state index in [0.717, 1.165) is 4.31 Å². The van der Waals surface area contributed by atoms with Crippen molar-refractivity contribution in [1.82, 2.24) is 9.55 Å². The first-order valence-corrected chi connectivity index (χ1v) is 15.0. The van der Waals surface area contributed by atoms with Crippen LogP contribution in [0.4, 0.5) is 0 Å². The predicted molar refractivity (Wildman–Crippen MR) is 76.1 cm³/mol. The van der Waals surface area contributed by atoms with Crippen LogP contribution in [0.15, 0.2) is 24.3 Å². The van der Waals surface area contributed by atoms with Gasteiger partial charge in [0, 0.05) is 0 Å². The van der Waals surface area contributed by atoms with Crippen LogP contribution >= 0.6 is 0 Å². The van der Waals surface area contributed by atoms with E-state index < -0.39 is 6.51 Å². The van der Waals surface area contributed by atoms with Gasteiger partial charge in [0.15, 0.2) is 0 Å². The van der Waals surface area contributed by atoms with Crippen LogP contribution in [0.3, 0.4) is 0 Å². The Labute approximate surface area is 112 Å². The third-order valence-corrected chi connectivity index (χ3v) is 59.1. The maximum atomic E-state index is 5.30. The molecule has 1 aromatic heterocycles. The zero-order valence-corrected chi connectivity index (χ0v) is 12.9. The van der Waals surface area contributed by atoms with Gasteiger partial charge in [0.1, 0.15) is 0 Å². The molecule has 106 valence electrons. The van der Waals surface area contributed by atoms with Gasteiger partial charge in [-0.1, -0.05) is 0 Å². The Balaban J connectivity index is 1.45. The van der Waals surface area contributed by atoms with Gasteiger partial charge in [-0.2, -0.15) is 0 Å². The second-order valence-electron chi connectivity index (χ2n) is 12.2.